The summed E-state index contributed by atoms with van der Waals surface area (Å²) >= 11 is 1.55. The van der Waals surface area contributed by atoms with Crippen molar-refractivity contribution in [3.63, 3.8) is 0 Å². The average molecular weight is 270 g/mol. The number of β-lactam (4-membered cyclic amide) rings is 1. The molecular formula is C12H18N2O3S. The Labute approximate surface area is 111 Å². The van der Waals surface area contributed by atoms with Crippen molar-refractivity contribution >= 4 is 23.6 Å². The van der Waals surface area contributed by atoms with Gasteiger partial charge in [0.2, 0.25) is 5.91 Å². The second-order valence-corrected chi connectivity index (χ2v) is 5.70. The molecule has 100 valence electrons. The van der Waals surface area contributed by atoms with Crippen molar-refractivity contribution in [3.8, 4) is 0 Å². The summed E-state index contributed by atoms with van der Waals surface area (Å²) in [4.78, 5) is 24.9. The summed E-state index contributed by atoms with van der Waals surface area (Å²) in [5.74, 6) is -1.03. The second-order valence-electron chi connectivity index (χ2n) is 4.43. The minimum absolute atomic E-state index is 0.0485. The van der Waals surface area contributed by atoms with Gasteiger partial charge in [0.05, 0.1) is 11.8 Å². The lowest BCUT2D eigenvalue weighted by Gasteiger charge is -2.33. The van der Waals surface area contributed by atoms with E-state index in [9.17, 15) is 14.7 Å². The number of unbranched alkanes of at least 4 members (excludes halogenated alkanes) is 1. The molecule has 0 unspecified atom stereocenters. The standard InChI is InChI=1S/C12H18N2O3S/c1-2-13-6-4-3-5-8-11(12(16)17)14-9(15)7-10(14)18-8/h10,13H,2-7H2,1H3,(H,16,17)/t10-/m1/s1. The van der Waals surface area contributed by atoms with Gasteiger partial charge in [0.15, 0.2) is 0 Å². The molecule has 1 amide bonds. The van der Waals surface area contributed by atoms with Gasteiger partial charge in [-0.25, -0.2) is 4.79 Å². The smallest absolute Gasteiger partial charge is 0.353 e. The van der Waals surface area contributed by atoms with Crippen LogP contribution in [0.3, 0.4) is 0 Å². The van der Waals surface area contributed by atoms with Crippen molar-refractivity contribution in [2.24, 2.45) is 0 Å². The largest absolute Gasteiger partial charge is 0.477 e. The summed E-state index contributed by atoms with van der Waals surface area (Å²) in [6, 6.07) is 0. The summed E-state index contributed by atoms with van der Waals surface area (Å²) < 4.78 is 0. The van der Waals surface area contributed by atoms with Crippen LogP contribution < -0.4 is 5.32 Å². The van der Waals surface area contributed by atoms with Gasteiger partial charge in [0.25, 0.3) is 0 Å². The van der Waals surface area contributed by atoms with Crippen molar-refractivity contribution in [3.05, 3.63) is 10.6 Å². The first-order chi connectivity index (χ1) is 8.65. The number of thioether (sulfide) groups is 1. The van der Waals surface area contributed by atoms with E-state index in [1.54, 1.807) is 11.8 Å². The van der Waals surface area contributed by atoms with Crippen molar-refractivity contribution < 1.29 is 14.7 Å². The molecule has 0 aromatic heterocycles. The number of amides is 1. The Morgan fingerprint density at radius 2 is 2.33 bits per heavy atom. The Morgan fingerprint density at radius 1 is 1.56 bits per heavy atom. The summed E-state index contributed by atoms with van der Waals surface area (Å²) in [6.45, 7) is 3.99. The van der Waals surface area contributed by atoms with Gasteiger partial charge in [-0.05, 0) is 32.4 Å². The highest BCUT2D eigenvalue weighted by atomic mass is 32.2. The van der Waals surface area contributed by atoms with Crippen molar-refractivity contribution in [1.29, 1.82) is 0 Å². The predicted octanol–water partition coefficient (Wildman–Crippen LogP) is 1.37. The van der Waals surface area contributed by atoms with Crippen LogP contribution in [0.15, 0.2) is 10.6 Å². The molecule has 1 saturated heterocycles. The minimum Gasteiger partial charge on any atom is -0.477 e. The number of hydrogen-bond donors (Lipinski definition) is 2. The number of fused-ring (bicyclic) bond motifs is 1. The molecule has 2 rings (SSSR count). The third-order valence-electron chi connectivity index (χ3n) is 3.15. The van der Waals surface area contributed by atoms with E-state index < -0.39 is 5.97 Å². The van der Waals surface area contributed by atoms with Crippen LogP contribution in [0.2, 0.25) is 0 Å². The first kappa shape index (κ1) is 13.4. The van der Waals surface area contributed by atoms with E-state index in [0.29, 0.717) is 6.42 Å². The zero-order valence-corrected chi connectivity index (χ0v) is 11.3. The lowest BCUT2D eigenvalue weighted by atomic mass is 10.1. The number of aliphatic carboxylic acids is 1. The average Bonchev–Trinajstić information content (AvgIpc) is 2.62. The van der Waals surface area contributed by atoms with E-state index in [-0.39, 0.29) is 17.0 Å². The molecular weight excluding hydrogens is 252 g/mol. The van der Waals surface area contributed by atoms with Gasteiger partial charge >= 0.3 is 5.97 Å². The predicted molar refractivity (Wildman–Crippen MR) is 69.9 cm³/mol. The zero-order chi connectivity index (χ0) is 13.1. The normalized spacial score (nSPS) is 22.2. The molecule has 0 aromatic carbocycles. The Bertz CT molecular complexity index is 395. The second kappa shape index (κ2) is 5.75. The van der Waals surface area contributed by atoms with Crippen LogP contribution in [0.1, 0.15) is 32.6 Å². The number of carbonyl (C=O) groups excluding carboxylic acids is 1. The molecule has 2 N–H and O–H groups in total. The SMILES string of the molecule is CCNCCCCC1=C(C(=O)O)N2C(=O)C[C@H]2S1. The third kappa shape index (κ3) is 2.54. The highest BCUT2D eigenvalue weighted by Gasteiger charge is 2.47. The van der Waals surface area contributed by atoms with E-state index in [1.165, 1.54) is 4.90 Å². The molecule has 2 aliphatic heterocycles. The van der Waals surface area contributed by atoms with E-state index in [2.05, 4.69) is 12.2 Å². The van der Waals surface area contributed by atoms with E-state index in [4.69, 9.17) is 0 Å². The third-order valence-corrected chi connectivity index (χ3v) is 4.48. The van der Waals surface area contributed by atoms with Crippen LogP contribution in [0.25, 0.3) is 0 Å². The molecule has 0 saturated carbocycles. The maximum absolute atomic E-state index is 11.4. The first-order valence-corrected chi connectivity index (χ1v) is 7.19. The maximum atomic E-state index is 11.4. The number of allylic oxidation sites excluding steroid dienone is 1. The fraction of sp³-hybridized carbons (Fsp3) is 0.667. The number of nitrogens with zero attached hydrogens (tertiary/aromatic N) is 1. The number of carbonyl (C=O) groups is 2. The highest BCUT2D eigenvalue weighted by molar-refractivity contribution is 8.04. The van der Waals surface area contributed by atoms with Crippen LogP contribution in [0.4, 0.5) is 0 Å². The Kier molecular flexibility index (Phi) is 4.29. The highest BCUT2D eigenvalue weighted by Crippen LogP contribution is 2.47. The fourth-order valence-corrected chi connectivity index (χ4v) is 3.66. The van der Waals surface area contributed by atoms with Gasteiger partial charge in [-0.3, -0.25) is 9.69 Å². The minimum atomic E-state index is -0.972. The fourth-order valence-electron chi connectivity index (χ4n) is 2.22. The Hall–Kier alpha value is -1.01. The van der Waals surface area contributed by atoms with Gasteiger partial charge in [0.1, 0.15) is 5.70 Å². The quantitative estimate of drug-likeness (QED) is 0.540. The van der Waals surface area contributed by atoms with Crippen LogP contribution in [-0.2, 0) is 9.59 Å². The molecule has 2 heterocycles. The number of rotatable bonds is 7. The molecule has 1 fully saturated rings. The number of carboxylic acid groups (broad SMARTS) is 1. The van der Waals surface area contributed by atoms with Gasteiger partial charge in [0, 0.05) is 4.91 Å². The number of nitrogens with one attached hydrogen (secondary N) is 1. The number of carboxylic acids is 1. The lowest BCUT2D eigenvalue weighted by molar-refractivity contribution is -0.145. The van der Waals surface area contributed by atoms with Crippen LogP contribution in [-0.4, -0.2) is 40.3 Å². The van der Waals surface area contributed by atoms with Crippen molar-refractivity contribution in [2.75, 3.05) is 13.1 Å². The van der Waals surface area contributed by atoms with Gasteiger partial charge < -0.3 is 10.4 Å². The molecule has 2 aliphatic rings. The molecule has 0 aliphatic carbocycles. The molecule has 0 radical (unpaired) electrons. The van der Waals surface area contributed by atoms with Gasteiger partial charge in [-0.2, -0.15) is 0 Å². The van der Waals surface area contributed by atoms with Gasteiger partial charge in [-0.15, -0.1) is 11.8 Å². The molecule has 1 atom stereocenters. The maximum Gasteiger partial charge on any atom is 0.353 e. The molecule has 0 spiro atoms. The first-order valence-electron chi connectivity index (χ1n) is 6.31. The number of hydrogen-bond acceptors (Lipinski definition) is 4. The van der Waals surface area contributed by atoms with Crippen LogP contribution >= 0.6 is 11.8 Å². The van der Waals surface area contributed by atoms with E-state index >= 15 is 0 Å². The van der Waals surface area contributed by atoms with Crippen molar-refractivity contribution in [1.82, 2.24) is 10.2 Å². The lowest BCUT2D eigenvalue weighted by Crippen LogP contribution is -2.48. The Balaban J connectivity index is 1.90. The molecule has 5 nitrogen and oxygen atoms in total. The van der Waals surface area contributed by atoms with Gasteiger partial charge in [-0.1, -0.05) is 6.92 Å². The molecule has 6 heteroatoms. The summed E-state index contributed by atoms with van der Waals surface area (Å²) in [6.07, 6.45) is 3.23. The summed E-state index contributed by atoms with van der Waals surface area (Å²) in [5, 5.41) is 12.5. The molecule has 18 heavy (non-hydrogen) atoms. The van der Waals surface area contributed by atoms with E-state index in [1.807, 2.05) is 0 Å². The Morgan fingerprint density at radius 3 is 2.94 bits per heavy atom. The molecule has 0 aromatic rings. The monoisotopic (exact) mass is 270 g/mol. The zero-order valence-electron chi connectivity index (χ0n) is 10.4. The van der Waals surface area contributed by atoms with E-state index in [0.717, 1.165) is 37.3 Å². The van der Waals surface area contributed by atoms with Crippen molar-refractivity contribution in [2.45, 2.75) is 38.0 Å². The molecule has 0 bridgehead atoms. The van der Waals surface area contributed by atoms with Crippen LogP contribution in [0, 0.1) is 0 Å². The van der Waals surface area contributed by atoms with Crippen LogP contribution in [0.5, 0.6) is 0 Å². The topological polar surface area (TPSA) is 69.6 Å². The summed E-state index contributed by atoms with van der Waals surface area (Å²) in [7, 11) is 0. The summed E-state index contributed by atoms with van der Waals surface area (Å²) in [5.41, 5.74) is 0.227.